The summed E-state index contributed by atoms with van der Waals surface area (Å²) in [6, 6.07) is 21.2. The van der Waals surface area contributed by atoms with Crippen molar-refractivity contribution in [1.82, 2.24) is 0 Å². The molecule has 2 nitrogen and oxygen atoms in total. The van der Waals surface area contributed by atoms with Crippen LogP contribution in [0.3, 0.4) is 0 Å². The number of hydrogen-bond donors (Lipinski definition) is 0. The van der Waals surface area contributed by atoms with Crippen LogP contribution in [0.2, 0.25) is 0 Å². The molecule has 19 heavy (non-hydrogen) atoms. The van der Waals surface area contributed by atoms with Gasteiger partial charge in [0.15, 0.2) is 0 Å². The van der Waals surface area contributed by atoms with E-state index in [0.717, 1.165) is 5.69 Å². The van der Waals surface area contributed by atoms with E-state index in [-0.39, 0.29) is 0 Å². The summed E-state index contributed by atoms with van der Waals surface area (Å²) in [6.07, 6.45) is 0. The third kappa shape index (κ3) is 4.20. The maximum Gasteiger partial charge on any atom is 0.0949 e. The molecule has 0 spiro atoms. The van der Waals surface area contributed by atoms with Crippen LogP contribution in [0.4, 0.5) is 5.69 Å². The van der Waals surface area contributed by atoms with E-state index in [1.54, 1.807) is 0 Å². The molecule has 1 atom stereocenters. The number of rotatable bonds is 4. The quantitative estimate of drug-likeness (QED) is 0.708. The number of benzene rings is 2. The fourth-order valence-corrected chi connectivity index (χ4v) is 1.78. The van der Waals surface area contributed by atoms with Gasteiger partial charge in [0.25, 0.3) is 0 Å². The Morgan fingerprint density at radius 2 is 1.68 bits per heavy atom. The first kappa shape index (κ1) is 13.3. The highest BCUT2D eigenvalue weighted by Gasteiger charge is 2.02. The molecule has 0 saturated heterocycles. The third-order valence-electron chi connectivity index (χ3n) is 3.02. The van der Waals surface area contributed by atoms with Gasteiger partial charge in [0.2, 0.25) is 0 Å². The van der Waals surface area contributed by atoms with Crippen molar-refractivity contribution in [3.63, 3.8) is 0 Å². The Labute approximate surface area is 114 Å². The van der Waals surface area contributed by atoms with Gasteiger partial charge in [0.05, 0.1) is 18.2 Å². The van der Waals surface area contributed by atoms with E-state index in [1.807, 2.05) is 30.3 Å². The second kappa shape index (κ2) is 6.67. The van der Waals surface area contributed by atoms with Gasteiger partial charge in [0.1, 0.15) is 0 Å². The van der Waals surface area contributed by atoms with Crippen LogP contribution in [0.5, 0.6) is 0 Å². The van der Waals surface area contributed by atoms with Crippen molar-refractivity contribution in [1.29, 1.82) is 0 Å². The van der Waals surface area contributed by atoms with Crippen LogP contribution in [-0.4, -0.2) is 12.6 Å². The van der Waals surface area contributed by atoms with E-state index in [4.69, 9.17) is 0 Å². The second-order valence-corrected chi connectivity index (χ2v) is 4.70. The number of aryl methyl sites for hydroxylation is 1. The molecule has 0 heterocycles. The molecule has 0 aliphatic heterocycles. The molecule has 0 aliphatic carbocycles. The van der Waals surface area contributed by atoms with Crippen LogP contribution in [-0.2, 0) is 0 Å². The van der Waals surface area contributed by atoms with Gasteiger partial charge in [-0.25, -0.2) is 4.99 Å². The van der Waals surface area contributed by atoms with Crippen LogP contribution in [0, 0.1) is 6.92 Å². The highest BCUT2D eigenvalue weighted by atomic mass is 14.8. The lowest BCUT2D eigenvalue weighted by Crippen LogP contribution is -1.96. The molecular formula is C17H18N2. The van der Waals surface area contributed by atoms with E-state index in [2.05, 4.69) is 54.1 Å². The molecule has 2 aromatic rings. The molecule has 0 aliphatic rings. The minimum atomic E-state index is 0.391. The molecule has 2 aromatic carbocycles. The predicted octanol–water partition coefficient (Wildman–Crippen LogP) is 4.60. The van der Waals surface area contributed by atoms with Gasteiger partial charge in [-0.1, -0.05) is 55.0 Å². The van der Waals surface area contributed by atoms with Gasteiger partial charge in [-0.3, -0.25) is 0 Å². The summed E-state index contributed by atoms with van der Waals surface area (Å²) in [7, 11) is 0. The van der Waals surface area contributed by atoms with Gasteiger partial charge in [-0.05, 0) is 24.6 Å². The van der Waals surface area contributed by atoms with E-state index in [9.17, 15) is 0 Å². The molecule has 0 aromatic heterocycles. The molecular weight excluding hydrogens is 232 g/mol. The Kier molecular flexibility index (Phi) is 4.66. The number of nitrogens with zero attached hydrogens (tertiary/aromatic N) is 2. The van der Waals surface area contributed by atoms with Crippen molar-refractivity contribution < 1.29 is 0 Å². The lowest BCUT2D eigenvalue weighted by atomic mass is 10.0. The monoisotopic (exact) mass is 250 g/mol. The van der Waals surface area contributed by atoms with Crippen molar-refractivity contribution in [3.05, 3.63) is 65.7 Å². The Morgan fingerprint density at radius 3 is 2.37 bits per heavy atom. The number of aliphatic imine (C=N–C) groups is 2. The van der Waals surface area contributed by atoms with Crippen molar-refractivity contribution >= 4 is 11.7 Å². The molecule has 96 valence electrons. The van der Waals surface area contributed by atoms with Gasteiger partial charge in [-0.2, -0.15) is 4.99 Å². The van der Waals surface area contributed by atoms with Crippen molar-refractivity contribution in [3.8, 4) is 0 Å². The standard InChI is InChI=1S/C17H18N2/c1-14-8-10-17(11-9-14)19-13-18-12-15(2)16-6-4-3-5-7-16/h3-11,15H,12H2,1-2H3. The molecule has 0 radical (unpaired) electrons. The van der Waals surface area contributed by atoms with Gasteiger partial charge < -0.3 is 0 Å². The summed E-state index contributed by atoms with van der Waals surface area (Å²) in [5, 5.41) is 0. The maximum atomic E-state index is 4.25. The fourth-order valence-electron chi connectivity index (χ4n) is 1.78. The topological polar surface area (TPSA) is 24.7 Å². The lowest BCUT2D eigenvalue weighted by Gasteiger charge is -2.06. The van der Waals surface area contributed by atoms with E-state index in [0.29, 0.717) is 12.5 Å². The molecule has 2 heteroatoms. The summed E-state index contributed by atoms with van der Waals surface area (Å²) >= 11 is 0. The normalized spacial score (nSPS) is 11.5. The smallest absolute Gasteiger partial charge is 0.0949 e. The van der Waals surface area contributed by atoms with E-state index in [1.165, 1.54) is 11.1 Å². The molecule has 0 N–H and O–H groups in total. The summed E-state index contributed by atoms with van der Waals surface area (Å²) in [6.45, 7) is 4.93. The Hall–Kier alpha value is -2.18. The second-order valence-electron chi connectivity index (χ2n) is 4.70. The van der Waals surface area contributed by atoms with Gasteiger partial charge in [0, 0.05) is 5.92 Å². The van der Waals surface area contributed by atoms with Gasteiger partial charge in [-0.15, -0.1) is 0 Å². The Balaban J connectivity index is 1.94. The first-order valence-electron chi connectivity index (χ1n) is 6.49. The van der Waals surface area contributed by atoms with Crippen molar-refractivity contribution in [2.75, 3.05) is 6.54 Å². The summed E-state index contributed by atoms with van der Waals surface area (Å²) in [4.78, 5) is 8.45. The Morgan fingerprint density at radius 1 is 1.00 bits per heavy atom. The predicted molar refractivity (Wildman–Crippen MR) is 80.4 cm³/mol. The van der Waals surface area contributed by atoms with E-state index < -0.39 is 0 Å². The molecule has 0 bridgehead atoms. The molecule has 2 rings (SSSR count). The molecule has 0 fully saturated rings. The first-order valence-corrected chi connectivity index (χ1v) is 6.49. The average Bonchev–Trinajstić information content (AvgIpc) is 2.46. The SMILES string of the molecule is Cc1ccc(N=C=NCC(C)c2ccccc2)cc1. The molecule has 0 saturated carbocycles. The summed E-state index contributed by atoms with van der Waals surface area (Å²) in [5.41, 5.74) is 3.42. The Bertz CT molecular complexity index is 564. The maximum absolute atomic E-state index is 4.25. The minimum Gasteiger partial charge on any atom is -0.225 e. The zero-order chi connectivity index (χ0) is 13.5. The zero-order valence-electron chi connectivity index (χ0n) is 11.4. The summed E-state index contributed by atoms with van der Waals surface area (Å²) < 4.78 is 0. The molecule has 0 amide bonds. The fraction of sp³-hybridized carbons (Fsp3) is 0.235. The highest BCUT2D eigenvalue weighted by molar-refractivity contribution is 5.52. The minimum absolute atomic E-state index is 0.391. The van der Waals surface area contributed by atoms with Crippen LogP contribution >= 0.6 is 0 Å². The highest BCUT2D eigenvalue weighted by Crippen LogP contribution is 2.14. The number of hydrogen-bond acceptors (Lipinski definition) is 2. The summed E-state index contributed by atoms with van der Waals surface area (Å²) in [5.74, 6) is 0.391. The largest absolute Gasteiger partial charge is 0.225 e. The first-order chi connectivity index (χ1) is 9.25. The third-order valence-corrected chi connectivity index (χ3v) is 3.02. The van der Waals surface area contributed by atoms with Crippen molar-refractivity contribution in [2.45, 2.75) is 19.8 Å². The zero-order valence-corrected chi connectivity index (χ0v) is 11.4. The van der Waals surface area contributed by atoms with Crippen molar-refractivity contribution in [2.24, 2.45) is 9.98 Å². The van der Waals surface area contributed by atoms with Crippen LogP contribution in [0.1, 0.15) is 24.0 Å². The van der Waals surface area contributed by atoms with Gasteiger partial charge >= 0.3 is 0 Å². The lowest BCUT2D eigenvalue weighted by molar-refractivity contribution is 0.778. The van der Waals surface area contributed by atoms with Crippen LogP contribution < -0.4 is 0 Å². The van der Waals surface area contributed by atoms with E-state index >= 15 is 0 Å². The van der Waals surface area contributed by atoms with Crippen LogP contribution in [0.15, 0.2) is 64.6 Å². The molecule has 1 unspecified atom stereocenters. The van der Waals surface area contributed by atoms with Crippen LogP contribution in [0.25, 0.3) is 0 Å². The average molecular weight is 250 g/mol.